The van der Waals surface area contributed by atoms with E-state index in [-0.39, 0.29) is 12.1 Å². The number of hydrogen-bond acceptors (Lipinski definition) is 3. The van der Waals surface area contributed by atoms with Gasteiger partial charge in [-0.1, -0.05) is 24.3 Å². The zero-order chi connectivity index (χ0) is 21.9. The summed E-state index contributed by atoms with van der Waals surface area (Å²) in [7, 11) is 0. The fraction of sp³-hybridized carbons (Fsp3) is 0.154. The van der Waals surface area contributed by atoms with E-state index in [1.807, 2.05) is 49.5 Å². The number of aromatic nitrogens is 2. The second kappa shape index (κ2) is 8.85. The Morgan fingerprint density at radius 3 is 2.41 bits per heavy atom. The van der Waals surface area contributed by atoms with Gasteiger partial charge in [-0.05, 0) is 79.8 Å². The summed E-state index contributed by atoms with van der Waals surface area (Å²) in [4.78, 5) is 6.83. The minimum absolute atomic E-state index is 0.0782. The third-order valence-corrected chi connectivity index (χ3v) is 5.96. The van der Waals surface area contributed by atoms with E-state index in [9.17, 15) is 0 Å². The average Bonchev–Trinajstić information content (AvgIpc) is 3.45. The second-order valence-corrected chi connectivity index (χ2v) is 7.95. The van der Waals surface area contributed by atoms with Gasteiger partial charge in [0.15, 0.2) is 5.11 Å². The maximum Gasteiger partial charge on any atom is 0.174 e. The number of ether oxygens (including phenoxy) is 1. The van der Waals surface area contributed by atoms with Crippen LogP contribution in [0.1, 0.15) is 30.4 Å². The van der Waals surface area contributed by atoms with Gasteiger partial charge in [-0.2, -0.15) is 0 Å². The molecule has 1 fully saturated rings. The average molecular weight is 441 g/mol. The van der Waals surface area contributed by atoms with Crippen LogP contribution in [0.5, 0.6) is 5.75 Å². The third kappa shape index (κ3) is 3.74. The number of anilines is 1. The van der Waals surface area contributed by atoms with Crippen molar-refractivity contribution in [2.45, 2.75) is 19.0 Å². The Hall–Kier alpha value is -3.64. The van der Waals surface area contributed by atoms with Gasteiger partial charge in [0, 0.05) is 29.5 Å². The van der Waals surface area contributed by atoms with E-state index in [4.69, 9.17) is 17.0 Å². The monoisotopic (exact) mass is 440 g/mol. The maximum atomic E-state index is 5.84. The molecule has 0 spiro atoms. The molecule has 2 unspecified atom stereocenters. The van der Waals surface area contributed by atoms with Crippen LogP contribution in [0.2, 0.25) is 0 Å². The first-order valence-electron chi connectivity index (χ1n) is 10.7. The molecule has 1 aliphatic heterocycles. The van der Waals surface area contributed by atoms with Crippen LogP contribution in [-0.4, -0.2) is 21.3 Å². The molecule has 160 valence electrons. The van der Waals surface area contributed by atoms with E-state index < -0.39 is 0 Å². The first kappa shape index (κ1) is 20.3. The number of nitrogens with zero attached hydrogens (tertiary/aromatic N) is 3. The third-order valence-electron chi connectivity index (χ3n) is 5.64. The number of benzene rings is 2. The van der Waals surface area contributed by atoms with Crippen molar-refractivity contribution in [3.05, 3.63) is 109 Å². The molecule has 0 amide bonds. The van der Waals surface area contributed by atoms with E-state index in [2.05, 4.69) is 74.5 Å². The Bertz CT molecular complexity index is 1190. The SMILES string of the molecule is CCOc1ccc(N2C(=S)NC(c3ccccn3)C2c2cccn2-c2ccccc2)cc1. The highest BCUT2D eigenvalue weighted by Gasteiger charge is 2.42. The molecule has 1 aliphatic rings. The Morgan fingerprint density at radius 2 is 1.69 bits per heavy atom. The molecule has 2 aromatic heterocycles. The largest absolute Gasteiger partial charge is 0.494 e. The maximum absolute atomic E-state index is 5.84. The highest BCUT2D eigenvalue weighted by atomic mass is 32.1. The van der Waals surface area contributed by atoms with Crippen molar-refractivity contribution in [3.8, 4) is 11.4 Å². The molecular formula is C26H24N4OS. The predicted octanol–water partition coefficient (Wildman–Crippen LogP) is 5.45. The summed E-state index contributed by atoms with van der Waals surface area (Å²) in [5.74, 6) is 0.847. The van der Waals surface area contributed by atoms with Crippen molar-refractivity contribution >= 4 is 23.0 Å². The fourth-order valence-corrected chi connectivity index (χ4v) is 4.61. The van der Waals surface area contributed by atoms with Gasteiger partial charge >= 0.3 is 0 Å². The number of hydrogen-bond donors (Lipinski definition) is 1. The summed E-state index contributed by atoms with van der Waals surface area (Å²) in [6.45, 7) is 2.62. The fourth-order valence-electron chi connectivity index (χ4n) is 4.26. The summed E-state index contributed by atoms with van der Waals surface area (Å²) in [6.07, 6.45) is 3.92. The van der Waals surface area contributed by atoms with E-state index >= 15 is 0 Å². The van der Waals surface area contributed by atoms with Gasteiger partial charge in [-0.25, -0.2) is 0 Å². The highest BCUT2D eigenvalue weighted by molar-refractivity contribution is 7.80. The van der Waals surface area contributed by atoms with Gasteiger partial charge in [0.2, 0.25) is 0 Å². The summed E-state index contributed by atoms with van der Waals surface area (Å²) >= 11 is 5.84. The smallest absolute Gasteiger partial charge is 0.174 e. The standard InChI is InChI=1S/C26H24N4OS/c1-2-31-21-15-13-20(14-16-21)30-25(24(28-26(30)32)22-11-6-7-17-27-22)23-12-8-18-29(23)19-9-4-3-5-10-19/h3-18,24-25H,2H2,1H3,(H,28,32). The van der Waals surface area contributed by atoms with Crippen molar-refractivity contribution in [1.29, 1.82) is 0 Å². The van der Waals surface area contributed by atoms with Crippen LogP contribution in [0.15, 0.2) is 97.3 Å². The van der Waals surface area contributed by atoms with Gasteiger partial charge < -0.3 is 19.5 Å². The topological polar surface area (TPSA) is 42.3 Å². The first-order valence-corrected chi connectivity index (χ1v) is 11.1. The molecular weight excluding hydrogens is 416 g/mol. The van der Waals surface area contributed by atoms with Crippen molar-refractivity contribution in [2.75, 3.05) is 11.5 Å². The second-order valence-electron chi connectivity index (χ2n) is 7.56. The van der Waals surface area contributed by atoms with Gasteiger partial charge in [-0.15, -0.1) is 0 Å². The number of thiocarbonyl (C=S) groups is 1. The van der Waals surface area contributed by atoms with Crippen LogP contribution in [-0.2, 0) is 0 Å². The van der Waals surface area contributed by atoms with E-state index in [0.717, 1.165) is 28.5 Å². The first-order chi connectivity index (χ1) is 15.8. The van der Waals surface area contributed by atoms with E-state index in [1.54, 1.807) is 0 Å². The lowest BCUT2D eigenvalue weighted by atomic mass is 10.0. The molecule has 6 heteroatoms. The molecule has 1 N–H and O–H groups in total. The molecule has 2 aromatic carbocycles. The normalized spacial score (nSPS) is 17.9. The number of para-hydroxylation sites is 1. The highest BCUT2D eigenvalue weighted by Crippen LogP contribution is 2.42. The van der Waals surface area contributed by atoms with Crippen molar-refractivity contribution in [2.24, 2.45) is 0 Å². The lowest BCUT2D eigenvalue weighted by Gasteiger charge is -2.29. The van der Waals surface area contributed by atoms with Gasteiger partial charge in [-0.3, -0.25) is 4.98 Å². The van der Waals surface area contributed by atoms with Gasteiger partial charge in [0.05, 0.1) is 18.3 Å². The van der Waals surface area contributed by atoms with Crippen molar-refractivity contribution < 1.29 is 4.74 Å². The molecule has 0 aliphatic carbocycles. The lowest BCUT2D eigenvalue weighted by molar-refractivity contribution is 0.340. The van der Waals surface area contributed by atoms with Gasteiger partial charge in [0.1, 0.15) is 11.8 Å². The Balaban J connectivity index is 1.62. The van der Waals surface area contributed by atoms with Crippen LogP contribution < -0.4 is 15.0 Å². The molecule has 32 heavy (non-hydrogen) atoms. The van der Waals surface area contributed by atoms with Crippen LogP contribution in [0, 0.1) is 0 Å². The molecule has 5 rings (SSSR count). The molecule has 1 saturated heterocycles. The van der Waals surface area contributed by atoms with Crippen LogP contribution in [0.25, 0.3) is 5.69 Å². The zero-order valence-corrected chi connectivity index (χ0v) is 18.6. The molecule has 0 radical (unpaired) electrons. The summed E-state index contributed by atoms with van der Waals surface area (Å²) < 4.78 is 7.86. The molecule has 0 saturated carbocycles. The Morgan fingerprint density at radius 1 is 0.906 bits per heavy atom. The van der Waals surface area contributed by atoms with E-state index in [1.165, 1.54) is 0 Å². The number of pyridine rings is 1. The Kier molecular flexibility index (Phi) is 5.60. The van der Waals surface area contributed by atoms with Gasteiger partial charge in [0.25, 0.3) is 0 Å². The van der Waals surface area contributed by atoms with Crippen LogP contribution in [0.3, 0.4) is 0 Å². The van der Waals surface area contributed by atoms with E-state index in [0.29, 0.717) is 11.7 Å². The molecule has 0 bridgehead atoms. The quantitative estimate of drug-likeness (QED) is 0.404. The Labute approximate surface area is 193 Å². The van der Waals surface area contributed by atoms with Crippen LogP contribution in [0.4, 0.5) is 5.69 Å². The summed E-state index contributed by atoms with van der Waals surface area (Å²) in [5, 5.41) is 4.20. The predicted molar refractivity (Wildman–Crippen MR) is 131 cm³/mol. The number of rotatable bonds is 6. The lowest BCUT2D eigenvalue weighted by Crippen LogP contribution is -2.30. The summed E-state index contributed by atoms with van der Waals surface area (Å²) in [6, 6.07) is 28.5. The molecule has 2 atom stereocenters. The number of nitrogens with one attached hydrogen (secondary N) is 1. The summed E-state index contributed by atoms with van der Waals surface area (Å²) in [5.41, 5.74) is 4.20. The van der Waals surface area contributed by atoms with Crippen LogP contribution >= 0.6 is 12.2 Å². The molecule has 3 heterocycles. The molecule has 5 nitrogen and oxygen atoms in total. The van der Waals surface area contributed by atoms with Crippen molar-refractivity contribution in [1.82, 2.24) is 14.9 Å². The van der Waals surface area contributed by atoms with Crippen molar-refractivity contribution in [3.63, 3.8) is 0 Å². The minimum Gasteiger partial charge on any atom is -0.494 e. The molecule has 4 aromatic rings. The minimum atomic E-state index is -0.0902. The zero-order valence-electron chi connectivity index (χ0n) is 17.8.